The molecule has 6 heteroatoms. The molecule has 118 valence electrons. The molecule has 1 fully saturated rings. The second kappa shape index (κ2) is 9.76. The van der Waals surface area contributed by atoms with Gasteiger partial charge in [-0.1, -0.05) is 53.3 Å². The average Bonchev–Trinajstić information content (AvgIpc) is 2.46. The van der Waals surface area contributed by atoms with Crippen molar-refractivity contribution in [2.24, 2.45) is 0 Å². The van der Waals surface area contributed by atoms with Crippen molar-refractivity contribution in [1.82, 2.24) is 0 Å². The van der Waals surface area contributed by atoms with E-state index < -0.39 is 10.1 Å². The van der Waals surface area contributed by atoms with Gasteiger partial charge in [0.2, 0.25) is 0 Å². The Labute approximate surface area is 158 Å². The maximum absolute atomic E-state index is 11.6. The standard InChI is InChI=1S/C16H25O3PS.Na/c1-2-3-8-13-9-7-12-15(21(17,18)19)16(13)20-14-10-5-4-6-11-14;/h7,9,12,14,20H,2-6,8,10-11H2,1H3,(H,17,18,19);/q;+1/p-1. The van der Waals surface area contributed by atoms with E-state index >= 15 is 0 Å². The van der Waals surface area contributed by atoms with Crippen molar-refractivity contribution in [2.45, 2.75) is 68.8 Å². The second-order valence-electron chi connectivity index (χ2n) is 5.83. The van der Waals surface area contributed by atoms with Crippen molar-refractivity contribution in [3.05, 3.63) is 23.8 Å². The van der Waals surface area contributed by atoms with Crippen molar-refractivity contribution in [3.63, 3.8) is 0 Å². The van der Waals surface area contributed by atoms with Gasteiger partial charge in [0.05, 0.1) is 4.90 Å². The maximum atomic E-state index is 11.6. The van der Waals surface area contributed by atoms with E-state index in [-0.39, 0.29) is 34.5 Å². The van der Waals surface area contributed by atoms with Gasteiger partial charge < -0.3 is 4.55 Å². The molecule has 1 saturated carbocycles. The molecule has 0 aromatic heterocycles. The fourth-order valence-electron chi connectivity index (χ4n) is 2.98. The Balaban J connectivity index is 0.00000242. The molecule has 1 aliphatic rings. The molecular formula is C16H24NaO3PS. The van der Waals surface area contributed by atoms with Gasteiger partial charge in [-0.15, -0.1) is 0 Å². The summed E-state index contributed by atoms with van der Waals surface area (Å²) >= 11 is 0. The van der Waals surface area contributed by atoms with E-state index in [0.29, 0.717) is 14.2 Å². The number of aryl methyl sites for hydroxylation is 1. The van der Waals surface area contributed by atoms with Crippen LogP contribution in [-0.4, -0.2) is 18.6 Å². The first kappa shape index (κ1) is 20.6. The van der Waals surface area contributed by atoms with Gasteiger partial charge in [0, 0.05) is 0 Å². The Morgan fingerprint density at radius 3 is 2.50 bits per heavy atom. The van der Waals surface area contributed by atoms with Crippen molar-refractivity contribution in [1.29, 1.82) is 0 Å². The van der Waals surface area contributed by atoms with Crippen molar-refractivity contribution >= 4 is 24.0 Å². The zero-order valence-electron chi connectivity index (χ0n) is 13.6. The summed E-state index contributed by atoms with van der Waals surface area (Å²) in [6, 6.07) is 5.20. The normalized spacial score (nSPS) is 16.8. The smallest absolute Gasteiger partial charge is 0.744 e. The molecular weight excluding hydrogens is 326 g/mol. The van der Waals surface area contributed by atoms with Crippen LogP contribution >= 0.6 is 8.58 Å². The summed E-state index contributed by atoms with van der Waals surface area (Å²) in [5.41, 5.74) is 1.62. The summed E-state index contributed by atoms with van der Waals surface area (Å²) < 4.78 is 34.7. The number of hydrogen-bond donors (Lipinski definition) is 0. The minimum Gasteiger partial charge on any atom is -0.744 e. The Bertz CT molecular complexity index is 569. The molecule has 1 aliphatic carbocycles. The monoisotopic (exact) mass is 350 g/mol. The van der Waals surface area contributed by atoms with Gasteiger partial charge in [0.1, 0.15) is 10.1 Å². The minimum atomic E-state index is -4.37. The van der Waals surface area contributed by atoms with Crippen LogP contribution in [0.5, 0.6) is 0 Å². The molecule has 0 bridgehead atoms. The molecule has 1 unspecified atom stereocenters. The molecule has 0 saturated heterocycles. The summed E-state index contributed by atoms with van der Waals surface area (Å²) in [7, 11) is -3.92. The third-order valence-corrected chi connectivity index (χ3v) is 7.06. The van der Waals surface area contributed by atoms with E-state index in [9.17, 15) is 13.0 Å². The van der Waals surface area contributed by atoms with Crippen LogP contribution in [0.1, 0.15) is 57.4 Å². The van der Waals surface area contributed by atoms with Crippen LogP contribution in [0.3, 0.4) is 0 Å². The zero-order chi connectivity index (χ0) is 15.3. The topological polar surface area (TPSA) is 57.2 Å². The van der Waals surface area contributed by atoms with E-state index in [1.807, 2.05) is 6.07 Å². The van der Waals surface area contributed by atoms with E-state index in [2.05, 4.69) is 6.92 Å². The van der Waals surface area contributed by atoms with Crippen molar-refractivity contribution in [2.75, 3.05) is 0 Å². The number of rotatable bonds is 6. The predicted octanol–water partition coefficient (Wildman–Crippen LogP) is 0.574. The van der Waals surface area contributed by atoms with Crippen molar-refractivity contribution < 1.29 is 42.5 Å². The Kier molecular flexibility index (Phi) is 9.14. The molecule has 0 amide bonds. The molecule has 0 radical (unpaired) electrons. The summed E-state index contributed by atoms with van der Waals surface area (Å²) in [6.07, 6.45) is 9.05. The van der Waals surface area contributed by atoms with Gasteiger partial charge >= 0.3 is 29.6 Å². The summed E-state index contributed by atoms with van der Waals surface area (Å²) in [6.45, 7) is 2.12. The first-order chi connectivity index (χ1) is 10.0. The van der Waals surface area contributed by atoms with Gasteiger partial charge in [0.15, 0.2) is 0 Å². The maximum Gasteiger partial charge on any atom is 1.00 e. The average molecular weight is 350 g/mol. The predicted molar refractivity (Wildman–Crippen MR) is 87.8 cm³/mol. The first-order valence-electron chi connectivity index (χ1n) is 7.86. The number of unbranched alkanes of at least 4 members (excludes halogenated alkanes) is 1. The quantitative estimate of drug-likeness (QED) is 0.428. The Morgan fingerprint density at radius 1 is 1.23 bits per heavy atom. The second-order valence-corrected chi connectivity index (χ2v) is 8.78. The van der Waals surface area contributed by atoms with Crippen LogP contribution in [0.25, 0.3) is 0 Å². The summed E-state index contributed by atoms with van der Waals surface area (Å²) in [4.78, 5) is 0.0278. The van der Waals surface area contributed by atoms with E-state index in [4.69, 9.17) is 0 Å². The minimum absolute atomic E-state index is 0. The third-order valence-electron chi connectivity index (χ3n) is 4.14. The molecule has 0 spiro atoms. The number of hydrogen-bond acceptors (Lipinski definition) is 3. The van der Waals surface area contributed by atoms with Gasteiger partial charge in [-0.05, 0) is 48.3 Å². The van der Waals surface area contributed by atoms with Gasteiger partial charge in [-0.3, -0.25) is 0 Å². The Morgan fingerprint density at radius 2 is 1.91 bits per heavy atom. The largest absolute Gasteiger partial charge is 1.00 e. The molecule has 3 nitrogen and oxygen atoms in total. The van der Waals surface area contributed by atoms with Crippen molar-refractivity contribution in [3.8, 4) is 0 Å². The zero-order valence-corrected chi connectivity index (χ0v) is 17.4. The van der Waals surface area contributed by atoms with Gasteiger partial charge in [0.25, 0.3) is 0 Å². The molecule has 22 heavy (non-hydrogen) atoms. The molecule has 1 aromatic carbocycles. The van der Waals surface area contributed by atoms with Crippen LogP contribution < -0.4 is 34.9 Å². The van der Waals surface area contributed by atoms with E-state index in [0.717, 1.165) is 30.1 Å². The molecule has 1 atom stereocenters. The van der Waals surface area contributed by atoms with E-state index in [1.54, 1.807) is 6.07 Å². The Hall–Kier alpha value is 0.560. The molecule has 0 aliphatic heterocycles. The molecule has 2 rings (SSSR count). The van der Waals surface area contributed by atoms with Gasteiger partial charge in [-0.25, -0.2) is 8.42 Å². The van der Waals surface area contributed by atoms with Crippen LogP contribution in [0.15, 0.2) is 23.1 Å². The fourth-order valence-corrected chi connectivity index (χ4v) is 5.88. The van der Waals surface area contributed by atoms with Gasteiger partial charge in [-0.2, -0.15) is 0 Å². The SMILES string of the molecule is CCCCc1cccc(S(=O)(=O)[O-])c1PC1CCCCC1.[Na+]. The van der Waals surface area contributed by atoms with Crippen LogP contribution in [0, 0.1) is 0 Å². The molecule has 1 aromatic rings. The van der Waals surface area contributed by atoms with E-state index in [1.165, 1.54) is 38.2 Å². The van der Waals surface area contributed by atoms with Crippen LogP contribution in [-0.2, 0) is 16.5 Å². The van der Waals surface area contributed by atoms with Crippen LogP contribution in [0.4, 0.5) is 0 Å². The molecule has 0 N–H and O–H groups in total. The van der Waals surface area contributed by atoms with Crippen LogP contribution in [0.2, 0.25) is 0 Å². The number of benzene rings is 1. The third kappa shape index (κ3) is 5.89. The summed E-state index contributed by atoms with van der Waals surface area (Å²) in [5, 5.41) is 0.827. The summed E-state index contributed by atoms with van der Waals surface area (Å²) in [5.74, 6) is 0. The molecule has 0 heterocycles. The first-order valence-corrected chi connectivity index (χ1v) is 10.3. The fraction of sp³-hybridized carbons (Fsp3) is 0.625.